The molecule has 120 valence electrons. The van der Waals surface area contributed by atoms with E-state index in [1.807, 2.05) is 27.7 Å². The average molecular weight is 388 g/mol. The summed E-state index contributed by atoms with van der Waals surface area (Å²) in [5.74, 6) is -0.465. The highest BCUT2D eigenvalue weighted by molar-refractivity contribution is 9.10. The van der Waals surface area contributed by atoms with Gasteiger partial charge in [-0.25, -0.2) is 13.3 Å². The summed E-state index contributed by atoms with van der Waals surface area (Å²) < 4.78 is 29.9. The van der Waals surface area contributed by atoms with Gasteiger partial charge in [-0.2, -0.15) is 5.26 Å². The monoisotopic (exact) mass is 387 g/mol. The Labute approximate surface area is 141 Å². The predicted molar refractivity (Wildman–Crippen MR) is 87.6 cm³/mol. The molecule has 2 rings (SSSR count). The van der Waals surface area contributed by atoms with E-state index in [-0.39, 0.29) is 5.69 Å². The van der Waals surface area contributed by atoms with Gasteiger partial charge in [-0.3, -0.25) is 4.98 Å². The number of hydrogen-bond acceptors (Lipinski definition) is 3. The molecular formula is C15H19BrFN3OS. The number of hydrogen-bond donors (Lipinski definition) is 1. The molecule has 1 saturated carbocycles. The summed E-state index contributed by atoms with van der Waals surface area (Å²) in [4.78, 5) is 4.18. The molecule has 0 spiro atoms. The number of aromatic nitrogens is 1. The number of nitrogens with zero attached hydrogens (tertiary/aromatic N) is 2. The Kier molecular flexibility index (Phi) is 4.51. The van der Waals surface area contributed by atoms with E-state index in [0.717, 1.165) is 0 Å². The zero-order valence-electron chi connectivity index (χ0n) is 13.0. The minimum Gasteiger partial charge on any atom is -0.255 e. The summed E-state index contributed by atoms with van der Waals surface area (Å²) in [7, 11) is -1.38. The van der Waals surface area contributed by atoms with Gasteiger partial charge in [-0.15, -0.1) is 0 Å². The first-order valence-corrected chi connectivity index (χ1v) is 8.88. The van der Waals surface area contributed by atoms with Crippen molar-refractivity contribution >= 4 is 26.9 Å². The van der Waals surface area contributed by atoms with Crippen molar-refractivity contribution in [3.8, 4) is 6.07 Å². The SMILES string of the molecule is CC1(C#N)CC(NS(=O)C(C)(C)C)(c2ncc(Br)cc2F)C1. The molecule has 0 amide bonds. The smallest absolute Gasteiger partial charge is 0.147 e. The lowest BCUT2D eigenvalue weighted by Crippen LogP contribution is -2.59. The van der Waals surface area contributed by atoms with Gasteiger partial charge in [-0.05, 0) is 62.5 Å². The highest BCUT2D eigenvalue weighted by atomic mass is 79.9. The topological polar surface area (TPSA) is 65.8 Å². The fourth-order valence-electron chi connectivity index (χ4n) is 2.74. The normalized spacial score (nSPS) is 29.5. The molecule has 0 saturated heterocycles. The molecule has 1 aromatic heterocycles. The largest absolute Gasteiger partial charge is 0.255 e. The molecule has 0 aromatic carbocycles. The van der Waals surface area contributed by atoms with Crippen LogP contribution in [0, 0.1) is 22.6 Å². The Balaban J connectivity index is 2.41. The molecule has 1 atom stereocenters. The van der Waals surface area contributed by atoms with Crippen LogP contribution in [0.15, 0.2) is 16.7 Å². The van der Waals surface area contributed by atoms with E-state index in [1.54, 1.807) is 0 Å². The molecule has 1 unspecified atom stereocenters. The molecular weight excluding hydrogens is 369 g/mol. The molecule has 22 heavy (non-hydrogen) atoms. The fraction of sp³-hybridized carbons (Fsp3) is 0.600. The first kappa shape index (κ1) is 17.5. The van der Waals surface area contributed by atoms with Crippen molar-refractivity contribution in [2.75, 3.05) is 0 Å². The van der Waals surface area contributed by atoms with E-state index in [4.69, 9.17) is 0 Å². The van der Waals surface area contributed by atoms with Crippen molar-refractivity contribution in [3.63, 3.8) is 0 Å². The molecule has 1 aliphatic rings. The average Bonchev–Trinajstić information content (AvgIpc) is 2.35. The first-order valence-electron chi connectivity index (χ1n) is 6.94. The van der Waals surface area contributed by atoms with Gasteiger partial charge in [0.15, 0.2) is 0 Å². The molecule has 1 aliphatic carbocycles. The number of pyridine rings is 1. The van der Waals surface area contributed by atoms with E-state index in [2.05, 4.69) is 31.7 Å². The van der Waals surface area contributed by atoms with E-state index in [0.29, 0.717) is 17.3 Å². The maximum absolute atomic E-state index is 14.4. The molecule has 0 aliphatic heterocycles. The van der Waals surface area contributed by atoms with Crippen LogP contribution in [0.25, 0.3) is 0 Å². The third kappa shape index (κ3) is 3.24. The molecule has 1 N–H and O–H groups in total. The fourth-order valence-corrected chi connectivity index (χ4v) is 3.95. The maximum Gasteiger partial charge on any atom is 0.147 e. The van der Waals surface area contributed by atoms with Crippen molar-refractivity contribution in [3.05, 3.63) is 28.2 Å². The molecule has 7 heteroatoms. The van der Waals surface area contributed by atoms with Crippen LogP contribution in [0.2, 0.25) is 0 Å². The third-order valence-corrected chi connectivity index (χ3v) is 5.88. The van der Waals surface area contributed by atoms with Crippen molar-refractivity contribution in [2.24, 2.45) is 5.41 Å². The Hall–Kier alpha value is -0.840. The van der Waals surface area contributed by atoms with Gasteiger partial charge in [0, 0.05) is 10.7 Å². The standard InChI is InChI=1S/C15H19BrFN3OS/c1-13(2,3)22(21)20-15(7-14(4,8-15)9-18)12-11(17)5-10(16)6-19-12/h5-6,20H,7-8H2,1-4H3. The lowest BCUT2D eigenvalue weighted by atomic mass is 9.58. The van der Waals surface area contributed by atoms with Crippen LogP contribution in [0.1, 0.15) is 46.2 Å². The Morgan fingerprint density at radius 1 is 1.50 bits per heavy atom. The molecule has 1 aromatic rings. The van der Waals surface area contributed by atoms with Gasteiger partial charge in [0.2, 0.25) is 0 Å². The van der Waals surface area contributed by atoms with E-state index < -0.39 is 32.5 Å². The third-order valence-electron chi connectivity index (χ3n) is 3.76. The van der Waals surface area contributed by atoms with Gasteiger partial charge < -0.3 is 0 Å². The Morgan fingerprint density at radius 3 is 2.55 bits per heavy atom. The van der Waals surface area contributed by atoms with Gasteiger partial charge in [-0.1, -0.05) is 0 Å². The van der Waals surface area contributed by atoms with Crippen LogP contribution in [0.5, 0.6) is 0 Å². The van der Waals surface area contributed by atoms with E-state index in [9.17, 15) is 13.9 Å². The summed E-state index contributed by atoms with van der Waals surface area (Å²) in [5, 5.41) is 9.26. The number of rotatable bonds is 3. The zero-order chi connectivity index (χ0) is 16.8. The minimum absolute atomic E-state index is 0.223. The van der Waals surface area contributed by atoms with Crippen LogP contribution in [-0.4, -0.2) is 13.9 Å². The zero-order valence-corrected chi connectivity index (χ0v) is 15.4. The van der Waals surface area contributed by atoms with Crippen molar-refractivity contribution in [1.82, 2.24) is 9.71 Å². The van der Waals surface area contributed by atoms with Gasteiger partial charge in [0.1, 0.15) is 5.82 Å². The van der Waals surface area contributed by atoms with Crippen LogP contribution < -0.4 is 4.72 Å². The van der Waals surface area contributed by atoms with Crippen LogP contribution in [0.3, 0.4) is 0 Å². The molecule has 1 heterocycles. The summed E-state index contributed by atoms with van der Waals surface area (Å²) in [6.07, 6.45) is 2.28. The number of nitriles is 1. The number of nitrogens with one attached hydrogen (secondary N) is 1. The quantitative estimate of drug-likeness (QED) is 0.861. The highest BCUT2D eigenvalue weighted by Crippen LogP contribution is 2.54. The first-order chi connectivity index (χ1) is 10.0. The molecule has 4 nitrogen and oxygen atoms in total. The molecule has 0 radical (unpaired) electrons. The van der Waals surface area contributed by atoms with Gasteiger partial charge >= 0.3 is 0 Å². The molecule has 1 fully saturated rings. The Morgan fingerprint density at radius 2 is 2.09 bits per heavy atom. The van der Waals surface area contributed by atoms with Gasteiger partial charge in [0.05, 0.1) is 38.4 Å². The van der Waals surface area contributed by atoms with E-state index in [1.165, 1.54) is 12.3 Å². The van der Waals surface area contributed by atoms with Crippen molar-refractivity contribution < 1.29 is 8.60 Å². The lowest BCUT2D eigenvalue weighted by Gasteiger charge is -2.51. The number of halogens is 2. The van der Waals surface area contributed by atoms with Crippen LogP contribution in [0.4, 0.5) is 4.39 Å². The second-order valence-electron chi connectivity index (χ2n) is 7.08. The lowest BCUT2D eigenvalue weighted by molar-refractivity contribution is 0.0746. The maximum atomic E-state index is 14.4. The second kappa shape index (κ2) is 5.66. The highest BCUT2D eigenvalue weighted by Gasteiger charge is 2.56. The van der Waals surface area contributed by atoms with Crippen molar-refractivity contribution in [1.29, 1.82) is 5.26 Å². The predicted octanol–water partition coefficient (Wildman–Crippen LogP) is 3.55. The molecule has 0 bridgehead atoms. The van der Waals surface area contributed by atoms with E-state index >= 15 is 0 Å². The summed E-state index contributed by atoms with van der Waals surface area (Å²) in [6, 6.07) is 3.59. The Bertz CT molecular complexity index is 660. The summed E-state index contributed by atoms with van der Waals surface area (Å²) >= 11 is 3.19. The van der Waals surface area contributed by atoms with Gasteiger partial charge in [0.25, 0.3) is 0 Å². The van der Waals surface area contributed by atoms with Crippen LogP contribution in [-0.2, 0) is 16.5 Å². The summed E-state index contributed by atoms with van der Waals surface area (Å²) in [6.45, 7) is 7.36. The summed E-state index contributed by atoms with van der Waals surface area (Å²) in [5.41, 5.74) is -1.20. The van der Waals surface area contributed by atoms with Crippen LogP contribution >= 0.6 is 15.9 Å². The minimum atomic E-state index is -1.38. The second-order valence-corrected chi connectivity index (χ2v) is 9.96. The van der Waals surface area contributed by atoms with Crippen molar-refractivity contribution in [2.45, 2.75) is 50.8 Å².